The van der Waals surface area contributed by atoms with Crippen LogP contribution in [0, 0.1) is 0 Å². The summed E-state index contributed by atoms with van der Waals surface area (Å²) < 4.78 is 37.4. The lowest BCUT2D eigenvalue weighted by Gasteiger charge is -2.40. The smallest absolute Gasteiger partial charge is 0.386 e. The second kappa shape index (κ2) is 5.51. The number of halogens is 3. The summed E-state index contributed by atoms with van der Waals surface area (Å²) in [5.41, 5.74) is -0.725. The van der Waals surface area contributed by atoms with E-state index in [1.807, 2.05) is 32.8 Å². The van der Waals surface area contributed by atoms with E-state index in [-0.39, 0.29) is 0 Å². The monoisotopic (exact) mass is 275 g/mol. The zero-order chi connectivity index (χ0) is 14.8. The Morgan fingerprint density at radius 2 is 1.63 bits per heavy atom. The van der Waals surface area contributed by atoms with E-state index in [0.29, 0.717) is 12.0 Å². The molecule has 0 heterocycles. The minimum absolute atomic E-state index is 0.492. The van der Waals surface area contributed by atoms with Crippen molar-refractivity contribution in [3.05, 3.63) is 35.4 Å². The fourth-order valence-corrected chi connectivity index (χ4v) is 1.97. The Hall–Kier alpha value is -1.07. The molecule has 0 aliphatic heterocycles. The van der Waals surface area contributed by atoms with Crippen molar-refractivity contribution >= 4 is 0 Å². The van der Waals surface area contributed by atoms with E-state index in [1.54, 1.807) is 0 Å². The average Bonchev–Trinajstić information content (AvgIpc) is 2.35. The summed E-state index contributed by atoms with van der Waals surface area (Å²) in [7, 11) is 3.69. The molecule has 0 aromatic heterocycles. The van der Waals surface area contributed by atoms with Gasteiger partial charge in [-0.05, 0) is 45.1 Å². The topological polar surface area (TPSA) is 23.5 Å². The Morgan fingerprint density at radius 3 is 1.95 bits per heavy atom. The standard InChI is InChI=1S/C14H20F3NO/c1-5-13(2,18(3)4)12(19)10-6-8-11(9-7-10)14(15,16)17/h6-9,12,19H,5H2,1-4H3. The lowest BCUT2D eigenvalue weighted by atomic mass is 9.85. The molecular formula is C14H20F3NO. The van der Waals surface area contributed by atoms with Gasteiger partial charge in [0, 0.05) is 5.54 Å². The van der Waals surface area contributed by atoms with Crippen molar-refractivity contribution in [1.82, 2.24) is 4.90 Å². The van der Waals surface area contributed by atoms with Gasteiger partial charge in [-0.25, -0.2) is 0 Å². The first-order valence-corrected chi connectivity index (χ1v) is 6.15. The average molecular weight is 275 g/mol. The number of nitrogens with zero attached hydrogens (tertiary/aromatic N) is 1. The quantitative estimate of drug-likeness (QED) is 0.909. The first kappa shape index (κ1) is 16.0. The second-order valence-corrected chi connectivity index (χ2v) is 5.13. The highest BCUT2D eigenvalue weighted by atomic mass is 19.4. The summed E-state index contributed by atoms with van der Waals surface area (Å²) in [5, 5.41) is 10.4. The molecule has 2 nitrogen and oxygen atoms in total. The first-order chi connectivity index (χ1) is 8.63. The molecule has 0 radical (unpaired) electrons. The number of likely N-dealkylation sites (N-methyl/N-ethyl adjacent to an activating group) is 1. The lowest BCUT2D eigenvalue weighted by molar-refractivity contribution is -0.137. The first-order valence-electron chi connectivity index (χ1n) is 6.15. The summed E-state index contributed by atoms with van der Waals surface area (Å²) in [6.45, 7) is 3.82. The molecule has 19 heavy (non-hydrogen) atoms. The van der Waals surface area contributed by atoms with Crippen molar-refractivity contribution in [3.63, 3.8) is 0 Å². The maximum atomic E-state index is 12.5. The van der Waals surface area contributed by atoms with Crippen LogP contribution in [0.2, 0.25) is 0 Å². The largest absolute Gasteiger partial charge is 0.416 e. The van der Waals surface area contributed by atoms with Gasteiger partial charge in [0.15, 0.2) is 0 Å². The van der Waals surface area contributed by atoms with Crippen molar-refractivity contribution in [3.8, 4) is 0 Å². The molecule has 2 unspecified atom stereocenters. The van der Waals surface area contributed by atoms with E-state index in [4.69, 9.17) is 0 Å². The molecule has 5 heteroatoms. The number of hydrogen-bond donors (Lipinski definition) is 1. The minimum atomic E-state index is -4.35. The van der Waals surface area contributed by atoms with E-state index < -0.39 is 23.4 Å². The van der Waals surface area contributed by atoms with Gasteiger partial charge in [0.25, 0.3) is 0 Å². The molecule has 0 saturated carbocycles. The zero-order valence-electron chi connectivity index (χ0n) is 11.6. The van der Waals surface area contributed by atoms with Gasteiger partial charge < -0.3 is 10.0 Å². The molecule has 0 aliphatic rings. The molecule has 1 rings (SSSR count). The van der Waals surface area contributed by atoms with Crippen molar-refractivity contribution < 1.29 is 18.3 Å². The van der Waals surface area contributed by atoms with Crippen LogP contribution in [0.25, 0.3) is 0 Å². The van der Waals surface area contributed by atoms with Gasteiger partial charge in [0.1, 0.15) is 0 Å². The number of alkyl halides is 3. The van der Waals surface area contributed by atoms with Gasteiger partial charge in [-0.1, -0.05) is 19.1 Å². The van der Waals surface area contributed by atoms with E-state index >= 15 is 0 Å². The molecule has 108 valence electrons. The van der Waals surface area contributed by atoms with Crippen LogP contribution in [0.1, 0.15) is 37.5 Å². The predicted octanol–water partition coefficient (Wildman–Crippen LogP) is 3.47. The fourth-order valence-electron chi connectivity index (χ4n) is 1.97. The van der Waals surface area contributed by atoms with Crippen LogP contribution in [-0.4, -0.2) is 29.6 Å². The summed E-state index contributed by atoms with van der Waals surface area (Å²) in [6, 6.07) is 4.68. The number of hydrogen-bond acceptors (Lipinski definition) is 2. The van der Waals surface area contributed by atoms with E-state index in [1.165, 1.54) is 12.1 Å². The van der Waals surface area contributed by atoms with E-state index in [2.05, 4.69) is 0 Å². The van der Waals surface area contributed by atoms with Gasteiger partial charge >= 0.3 is 6.18 Å². The summed E-state index contributed by atoms with van der Waals surface area (Å²) >= 11 is 0. The van der Waals surface area contributed by atoms with Crippen LogP contribution in [-0.2, 0) is 6.18 Å². The van der Waals surface area contributed by atoms with Gasteiger partial charge in [0.05, 0.1) is 11.7 Å². The molecule has 1 aromatic carbocycles. The maximum Gasteiger partial charge on any atom is 0.416 e. The summed E-state index contributed by atoms with van der Waals surface area (Å²) in [4.78, 5) is 1.88. The van der Waals surface area contributed by atoms with E-state index in [0.717, 1.165) is 12.1 Å². The van der Waals surface area contributed by atoms with E-state index in [9.17, 15) is 18.3 Å². The zero-order valence-corrected chi connectivity index (χ0v) is 11.6. The number of benzene rings is 1. The Labute approximate surface area is 111 Å². The van der Waals surface area contributed by atoms with Crippen LogP contribution in [0.15, 0.2) is 24.3 Å². The van der Waals surface area contributed by atoms with Crippen LogP contribution in [0.3, 0.4) is 0 Å². The highest BCUT2D eigenvalue weighted by Gasteiger charge is 2.35. The van der Waals surface area contributed by atoms with Crippen molar-refractivity contribution in [1.29, 1.82) is 0 Å². The van der Waals surface area contributed by atoms with Crippen molar-refractivity contribution in [2.24, 2.45) is 0 Å². The van der Waals surface area contributed by atoms with Gasteiger partial charge in [0.2, 0.25) is 0 Å². The van der Waals surface area contributed by atoms with Crippen LogP contribution in [0.5, 0.6) is 0 Å². The highest BCUT2D eigenvalue weighted by Crippen LogP contribution is 2.34. The highest BCUT2D eigenvalue weighted by molar-refractivity contribution is 5.27. The fraction of sp³-hybridized carbons (Fsp3) is 0.571. The molecule has 0 saturated heterocycles. The number of aliphatic hydroxyl groups is 1. The lowest BCUT2D eigenvalue weighted by Crippen LogP contribution is -2.46. The number of aliphatic hydroxyl groups excluding tert-OH is 1. The molecule has 0 spiro atoms. The van der Waals surface area contributed by atoms with Crippen LogP contribution in [0.4, 0.5) is 13.2 Å². The molecule has 1 N–H and O–H groups in total. The van der Waals surface area contributed by atoms with Gasteiger partial charge in [-0.15, -0.1) is 0 Å². The molecule has 0 bridgehead atoms. The minimum Gasteiger partial charge on any atom is -0.386 e. The Bertz CT molecular complexity index is 414. The van der Waals surface area contributed by atoms with Crippen LogP contribution >= 0.6 is 0 Å². The molecule has 0 amide bonds. The molecule has 0 fully saturated rings. The Balaban J connectivity index is 3.04. The molecule has 2 atom stereocenters. The second-order valence-electron chi connectivity index (χ2n) is 5.13. The van der Waals surface area contributed by atoms with Crippen molar-refractivity contribution in [2.75, 3.05) is 14.1 Å². The molecular weight excluding hydrogens is 255 g/mol. The third kappa shape index (κ3) is 3.28. The third-order valence-corrected chi connectivity index (χ3v) is 3.88. The van der Waals surface area contributed by atoms with Crippen molar-refractivity contribution in [2.45, 2.75) is 38.1 Å². The van der Waals surface area contributed by atoms with Gasteiger partial charge in [-0.3, -0.25) is 0 Å². The molecule has 0 aliphatic carbocycles. The molecule has 1 aromatic rings. The number of rotatable bonds is 4. The Kier molecular flexibility index (Phi) is 4.63. The Morgan fingerprint density at radius 1 is 1.16 bits per heavy atom. The third-order valence-electron chi connectivity index (χ3n) is 3.88. The normalized spacial score (nSPS) is 17.3. The predicted molar refractivity (Wildman–Crippen MR) is 68.8 cm³/mol. The maximum absolute atomic E-state index is 12.5. The SMILES string of the molecule is CCC(C)(C(O)c1ccc(C(F)(F)F)cc1)N(C)C. The van der Waals surface area contributed by atoms with Gasteiger partial charge in [-0.2, -0.15) is 13.2 Å². The summed E-state index contributed by atoms with van der Waals surface area (Å²) in [5.74, 6) is 0. The van der Waals surface area contributed by atoms with Crippen LogP contribution < -0.4 is 0 Å². The summed E-state index contributed by atoms with van der Waals surface area (Å²) in [6.07, 6.45) is -4.50.